The number of halogens is 1. The topological polar surface area (TPSA) is 86.9 Å². The molecule has 0 unspecified atom stereocenters. The van der Waals surface area contributed by atoms with Crippen molar-refractivity contribution < 1.29 is 14.0 Å². The summed E-state index contributed by atoms with van der Waals surface area (Å²) in [5.74, 6) is -1.18. The van der Waals surface area contributed by atoms with Crippen LogP contribution < -0.4 is 10.6 Å². The molecule has 0 radical (unpaired) electrons. The largest absolute Gasteiger partial charge is 0.343 e. The van der Waals surface area contributed by atoms with Gasteiger partial charge in [0, 0.05) is 5.56 Å². The third-order valence-corrected chi connectivity index (χ3v) is 2.89. The first-order valence-electron chi connectivity index (χ1n) is 6.46. The van der Waals surface area contributed by atoms with Crippen molar-refractivity contribution >= 4 is 17.6 Å². The van der Waals surface area contributed by atoms with Gasteiger partial charge in [0.05, 0.1) is 18.3 Å². The number of carbonyl (C=O) groups is 2. The van der Waals surface area contributed by atoms with E-state index < -0.39 is 17.6 Å². The van der Waals surface area contributed by atoms with E-state index in [0.29, 0.717) is 12.2 Å². The smallest absolute Gasteiger partial charge is 0.254 e. The van der Waals surface area contributed by atoms with Gasteiger partial charge < -0.3 is 10.6 Å². The SMILES string of the molecule is CCc1cn[nH]c1NC(=O)CNC(=O)c1ccccc1F. The summed E-state index contributed by atoms with van der Waals surface area (Å²) in [6.07, 6.45) is 2.33. The Hall–Kier alpha value is -2.70. The van der Waals surface area contributed by atoms with Crippen molar-refractivity contribution in [2.24, 2.45) is 0 Å². The molecule has 1 aromatic carbocycles. The zero-order valence-corrected chi connectivity index (χ0v) is 11.4. The van der Waals surface area contributed by atoms with Crippen LogP contribution in [0.25, 0.3) is 0 Å². The predicted molar refractivity (Wildman–Crippen MR) is 75.3 cm³/mol. The Balaban J connectivity index is 1.90. The second-order valence-corrected chi connectivity index (χ2v) is 4.33. The van der Waals surface area contributed by atoms with Gasteiger partial charge in [0.2, 0.25) is 5.91 Å². The van der Waals surface area contributed by atoms with E-state index in [2.05, 4.69) is 20.8 Å². The normalized spacial score (nSPS) is 10.2. The first kappa shape index (κ1) is 14.7. The highest BCUT2D eigenvalue weighted by molar-refractivity contribution is 5.99. The lowest BCUT2D eigenvalue weighted by molar-refractivity contribution is -0.115. The molecule has 0 aliphatic heterocycles. The molecule has 0 fully saturated rings. The average Bonchev–Trinajstić information content (AvgIpc) is 2.92. The van der Waals surface area contributed by atoms with Crippen LogP contribution in [0.15, 0.2) is 30.5 Å². The Bertz CT molecular complexity index is 654. The number of carbonyl (C=O) groups excluding carboxylic acids is 2. The maximum absolute atomic E-state index is 13.4. The number of benzene rings is 1. The number of amides is 2. The molecule has 1 aromatic heterocycles. The van der Waals surface area contributed by atoms with Gasteiger partial charge in [-0.2, -0.15) is 5.10 Å². The molecule has 2 amide bonds. The number of nitrogens with one attached hydrogen (secondary N) is 3. The highest BCUT2D eigenvalue weighted by Gasteiger charge is 2.13. The molecule has 0 aliphatic rings. The number of H-pyrrole nitrogens is 1. The summed E-state index contributed by atoms with van der Waals surface area (Å²) in [5.41, 5.74) is 0.768. The van der Waals surface area contributed by atoms with Crippen LogP contribution in [0, 0.1) is 5.82 Å². The van der Waals surface area contributed by atoms with Crippen molar-refractivity contribution in [1.29, 1.82) is 0 Å². The van der Waals surface area contributed by atoms with E-state index in [9.17, 15) is 14.0 Å². The van der Waals surface area contributed by atoms with Gasteiger partial charge in [-0.3, -0.25) is 14.7 Å². The fraction of sp³-hybridized carbons (Fsp3) is 0.214. The van der Waals surface area contributed by atoms with Gasteiger partial charge in [0.25, 0.3) is 5.91 Å². The molecule has 0 saturated carbocycles. The Morgan fingerprint density at radius 2 is 2.10 bits per heavy atom. The Morgan fingerprint density at radius 3 is 2.81 bits per heavy atom. The zero-order chi connectivity index (χ0) is 15.2. The zero-order valence-electron chi connectivity index (χ0n) is 11.4. The third kappa shape index (κ3) is 3.65. The van der Waals surface area contributed by atoms with Crippen LogP contribution in [-0.4, -0.2) is 28.6 Å². The standard InChI is InChI=1S/C14H15FN4O2/c1-2-9-7-17-19-13(9)18-12(20)8-16-14(21)10-5-3-4-6-11(10)15/h3-7H,2,8H2,1H3,(H,16,21)(H2,17,18,19,20). The number of nitrogens with zero attached hydrogens (tertiary/aromatic N) is 1. The molecule has 1 heterocycles. The molecule has 6 nitrogen and oxygen atoms in total. The van der Waals surface area contributed by atoms with Gasteiger partial charge in [0.1, 0.15) is 11.6 Å². The van der Waals surface area contributed by atoms with Crippen LogP contribution in [0.4, 0.5) is 10.2 Å². The molecule has 2 rings (SSSR count). The third-order valence-electron chi connectivity index (χ3n) is 2.89. The molecular weight excluding hydrogens is 275 g/mol. The fourth-order valence-electron chi connectivity index (χ4n) is 1.77. The van der Waals surface area contributed by atoms with Gasteiger partial charge in [0.15, 0.2) is 0 Å². The molecule has 0 bridgehead atoms. The maximum atomic E-state index is 13.4. The molecule has 2 aromatic rings. The highest BCUT2D eigenvalue weighted by Crippen LogP contribution is 2.10. The van der Waals surface area contributed by atoms with Crippen molar-refractivity contribution in [3.63, 3.8) is 0 Å². The second-order valence-electron chi connectivity index (χ2n) is 4.33. The van der Waals surface area contributed by atoms with Crippen molar-refractivity contribution in [2.45, 2.75) is 13.3 Å². The summed E-state index contributed by atoms with van der Waals surface area (Å²) in [5, 5.41) is 11.4. The fourth-order valence-corrected chi connectivity index (χ4v) is 1.77. The van der Waals surface area contributed by atoms with E-state index in [0.717, 1.165) is 5.56 Å². The van der Waals surface area contributed by atoms with Gasteiger partial charge in [-0.1, -0.05) is 19.1 Å². The molecule has 0 spiro atoms. The molecule has 21 heavy (non-hydrogen) atoms. The van der Waals surface area contributed by atoms with Crippen LogP contribution in [0.1, 0.15) is 22.8 Å². The molecule has 0 atom stereocenters. The molecular formula is C14H15FN4O2. The minimum absolute atomic E-state index is 0.0962. The average molecular weight is 290 g/mol. The molecule has 3 N–H and O–H groups in total. The van der Waals surface area contributed by atoms with Crippen LogP contribution in [0.3, 0.4) is 0 Å². The van der Waals surface area contributed by atoms with E-state index in [1.165, 1.54) is 18.2 Å². The number of aryl methyl sites for hydroxylation is 1. The summed E-state index contributed by atoms with van der Waals surface area (Å²) in [6, 6.07) is 5.58. The van der Waals surface area contributed by atoms with Crippen LogP contribution >= 0.6 is 0 Å². The Labute approximate surface area is 120 Å². The second kappa shape index (κ2) is 6.65. The molecule has 7 heteroatoms. The van der Waals surface area contributed by atoms with Crippen LogP contribution in [0.2, 0.25) is 0 Å². The lowest BCUT2D eigenvalue weighted by Crippen LogP contribution is -2.33. The Morgan fingerprint density at radius 1 is 1.33 bits per heavy atom. The summed E-state index contributed by atoms with van der Waals surface area (Å²) in [6.45, 7) is 1.68. The number of hydrogen-bond acceptors (Lipinski definition) is 3. The number of aromatic amines is 1. The molecule has 0 aliphatic carbocycles. The summed E-state index contributed by atoms with van der Waals surface area (Å²) >= 11 is 0. The quantitative estimate of drug-likeness (QED) is 0.779. The van der Waals surface area contributed by atoms with E-state index in [1.807, 2.05) is 6.92 Å². The first-order chi connectivity index (χ1) is 10.1. The number of aromatic nitrogens is 2. The lowest BCUT2D eigenvalue weighted by atomic mass is 10.2. The van der Waals surface area contributed by atoms with Crippen molar-refractivity contribution in [3.05, 3.63) is 47.4 Å². The van der Waals surface area contributed by atoms with Crippen LogP contribution in [-0.2, 0) is 11.2 Å². The van der Waals surface area contributed by atoms with E-state index in [4.69, 9.17) is 0 Å². The van der Waals surface area contributed by atoms with Crippen molar-refractivity contribution in [2.75, 3.05) is 11.9 Å². The van der Waals surface area contributed by atoms with E-state index in [1.54, 1.807) is 12.3 Å². The monoisotopic (exact) mass is 290 g/mol. The van der Waals surface area contributed by atoms with E-state index >= 15 is 0 Å². The Kier molecular flexibility index (Phi) is 4.65. The minimum Gasteiger partial charge on any atom is -0.343 e. The number of rotatable bonds is 5. The van der Waals surface area contributed by atoms with Crippen molar-refractivity contribution in [1.82, 2.24) is 15.5 Å². The highest BCUT2D eigenvalue weighted by atomic mass is 19.1. The lowest BCUT2D eigenvalue weighted by Gasteiger charge is -2.07. The van der Waals surface area contributed by atoms with Gasteiger partial charge in [-0.15, -0.1) is 0 Å². The minimum atomic E-state index is -0.636. The first-order valence-corrected chi connectivity index (χ1v) is 6.46. The predicted octanol–water partition coefficient (Wildman–Crippen LogP) is 1.48. The van der Waals surface area contributed by atoms with E-state index in [-0.39, 0.29) is 12.1 Å². The number of hydrogen-bond donors (Lipinski definition) is 3. The summed E-state index contributed by atoms with van der Waals surface area (Å²) in [4.78, 5) is 23.5. The van der Waals surface area contributed by atoms with Crippen LogP contribution in [0.5, 0.6) is 0 Å². The van der Waals surface area contributed by atoms with Gasteiger partial charge >= 0.3 is 0 Å². The maximum Gasteiger partial charge on any atom is 0.254 e. The molecule has 0 saturated heterocycles. The molecule has 110 valence electrons. The van der Waals surface area contributed by atoms with Crippen molar-refractivity contribution in [3.8, 4) is 0 Å². The van der Waals surface area contributed by atoms with Gasteiger partial charge in [-0.05, 0) is 18.6 Å². The van der Waals surface area contributed by atoms with Gasteiger partial charge in [-0.25, -0.2) is 4.39 Å². The summed E-state index contributed by atoms with van der Waals surface area (Å²) < 4.78 is 13.4. The summed E-state index contributed by atoms with van der Waals surface area (Å²) in [7, 11) is 0. The number of anilines is 1.